The summed E-state index contributed by atoms with van der Waals surface area (Å²) in [5.41, 5.74) is 0.642. The number of nitrogens with one attached hydrogen (secondary N) is 1. The predicted octanol–water partition coefficient (Wildman–Crippen LogP) is 3.64. The first-order valence-corrected chi connectivity index (χ1v) is 7.24. The molecule has 0 aromatic carbocycles. The quantitative estimate of drug-likeness (QED) is 0.936. The third-order valence-corrected chi connectivity index (χ3v) is 3.13. The first-order chi connectivity index (χ1) is 10.2. The highest BCUT2D eigenvalue weighted by molar-refractivity contribution is 6.31. The molecular formula is C15H19ClN4O2. The molecule has 22 heavy (non-hydrogen) atoms. The van der Waals surface area contributed by atoms with Gasteiger partial charge in [0.1, 0.15) is 11.4 Å². The number of amides is 1. The van der Waals surface area contributed by atoms with E-state index in [-0.39, 0.29) is 0 Å². The summed E-state index contributed by atoms with van der Waals surface area (Å²) < 4.78 is 7.12. The van der Waals surface area contributed by atoms with Crippen molar-refractivity contribution in [2.75, 3.05) is 5.32 Å². The van der Waals surface area contributed by atoms with Crippen LogP contribution < -0.4 is 5.32 Å². The average Bonchev–Trinajstić information content (AvgIpc) is 2.76. The van der Waals surface area contributed by atoms with Crippen molar-refractivity contribution < 1.29 is 9.53 Å². The van der Waals surface area contributed by atoms with Crippen molar-refractivity contribution in [3.05, 3.63) is 41.2 Å². The van der Waals surface area contributed by atoms with Crippen LogP contribution in [0.5, 0.6) is 0 Å². The minimum atomic E-state index is -0.555. The van der Waals surface area contributed by atoms with Crippen molar-refractivity contribution in [2.45, 2.75) is 39.8 Å². The molecule has 6 nitrogen and oxygen atoms in total. The summed E-state index contributed by atoms with van der Waals surface area (Å²) in [7, 11) is 0. The van der Waals surface area contributed by atoms with E-state index in [9.17, 15) is 4.79 Å². The Kier molecular flexibility index (Phi) is 4.71. The molecule has 0 spiro atoms. The number of pyridine rings is 1. The highest BCUT2D eigenvalue weighted by atomic mass is 35.5. The molecule has 0 fully saturated rings. The van der Waals surface area contributed by atoms with Crippen LogP contribution in [0.2, 0.25) is 5.02 Å². The molecule has 0 radical (unpaired) electrons. The Morgan fingerprint density at radius 3 is 2.68 bits per heavy atom. The van der Waals surface area contributed by atoms with Crippen LogP contribution in [-0.4, -0.2) is 26.2 Å². The van der Waals surface area contributed by atoms with Gasteiger partial charge in [0.05, 0.1) is 29.1 Å². The maximum atomic E-state index is 11.7. The molecular weight excluding hydrogens is 304 g/mol. The fraction of sp³-hybridized carbons (Fsp3) is 0.400. The van der Waals surface area contributed by atoms with Gasteiger partial charge in [0.25, 0.3) is 0 Å². The smallest absolute Gasteiger partial charge is 0.412 e. The third-order valence-electron chi connectivity index (χ3n) is 2.81. The second kappa shape index (κ2) is 6.36. The van der Waals surface area contributed by atoms with Gasteiger partial charge in [-0.15, -0.1) is 0 Å². The zero-order valence-corrected chi connectivity index (χ0v) is 13.8. The molecule has 0 unspecified atom stereocenters. The van der Waals surface area contributed by atoms with Crippen LogP contribution in [0.3, 0.4) is 0 Å². The number of rotatable bonds is 3. The number of halogens is 1. The molecule has 0 saturated heterocycles. The average molecular weight is 323 g/mol. The fourth-order valence-electron chi connectivity index (χ4n) is 1.80. The topological polar surface area (TPSA) is 69.0 Å². The molecule has 2 aromatic rings. The molecule has 118 valence electrons. The van der Waals surface area contributed by atoms with Crippen molar-refractivity contribution in [1.29, 1.82) is 0 Å². The number of anilines is 1. The summed E-state index contributed by atoms with van der Waals surface area (Å²) in [6.07, 6.45) is 4.60. The Morgan fingerprint density at radius 1 is 1.41 bits per heavy atom. The number of ether oxygens (including phenoxy) is 1. The minimum absolute atomic E-state index is 0.474. The number of nitrogens with zero attached hydrogens (tertiary/aromatic N) is 3. The predicted molar refractivity (Wildman–Crippen MR) is 85.2 cm³/mol. The monoisotopic (exact) mass is 322 g/mol. The lowest BCUT2D eigenvalue weighted by Gasteiger charge is -2.19. The summed E-state index contributed by atoms with van der Waals surface area (Å²) in [5.74, 6) is 0.883. The summed E-state index contributed by atoms with van der Waals surface area (Å²) in [4.78, 5) is 20.2. The van der Waals surface area contributed by atoms with Gasteiger partial charge in [0, 0.05) is 12.4 Å². The largest absolute Gasteiger partial charge is 0.444 e. The summed E-state index contributed by atoms with van der Waals surface area (Å²) in [6, 6.07) is 1.65. The molecule has 0 aliphatic rings. The van der Waals surface area contributed by atoms with Crippen LogP contribution >= 0.6 is 11.6 Å². The summed E-state index contributed by atoms with van der Waals surface area (Å²) in [6.45, 7) is 7.83. The molecule has 2 heterocycles. The molecule has 2 rings (SSSR count). The van der Waals surface area contributed by atoms with Crippen molar-refractivity contribution in [2.24, 2.45) is 0 Å². The number of hydrogen-bond donors (Lipinski definition) is 1. The van der Waals surface area contributed by atoms with Crippen LogP contribution in [0.1, 0.15) is 32.3 Å². The summed E-state index contributed by atoms with van der Waals surface area (Å²) >= 11 is 6.23. The van der Waals surface area contributed by atoms with Crippen LogP contribution in [0.25, 0.3) is 0 Å². The zero-order chi connectivity index (χ0) is 16.3. The Hall–Kier alpha value is -2.08. The molecule has 0 atom stereocenters. The lowest BCUT2D eigenvalue weighted by molar-refractivity contribution is 0.0636. The minimum Gasteiger partial charge on any atom is -0.444 e. The van der Waals surface area contributed by atoms with Crippen molar-refractivity contribution in [1.82, 2.24) is 14.5 Å². The second-order valence-electron chi connectivity index (χ2n) is 5.88. The van der Waals surface area contributed by atoms with Crippen molar-refractivity contribution in [3.8, 4) is 0 Å². The Balaban J connectivity index is 2.06. The van der Waals surface area contributed by atoms with Gasteiger partial charge in [-0.1, -0.05) is 11.6 Å². The number of carbonyl (C=O) groups excluding carboxylic acids is 1. The number of aromatic nitrogens is 3. The van der Waals surface area contributed by atoms with E-state index in [2.05, 4.69) is 15.3 Å². The van der Waals surface area contributed by atoms with Crippen LogP contribution in [0, 0.1) is 6.92 Å². The zero-order valence-electron chi connectivity index (χ0n) is 13.1. The van der Waals surface area contributed by atoms with Gasteiger partial charge in [-0.3, -0.25) is 10.3 Å². The SMILES string of the molecule is Cc1nccn1Cc1ncc(NC(=O)OC(C)(C)C)cc1Cl. The van der Waals surface area contributed by atoms with Gasteiger partial charge in [-0.05, 0) is 33.8 Å². The number of hydrogen-bond acceptors (Lipinski definition) is 4. The van der Waals surface area contributed by atoms with Crippen LogP contribution in [0.4, 0.5) is 10.5 Å². The number of imidazole rings is 1. The van der Waals surface area contributed by atoms with E-state index in [0.29, 0.717) is 22.9 Å². The van der Waals surface area contributed by atoms with Gasteiger partial charge >= 0.3 is 6.09 Å². The van der Waals surface area contributed by atoms with E-state index in [1.165, 1.54) is 0 Å². The van der Waals surface area contributed by atoms with Gasteiger partial charge in [0.15, 0.2) is 0 Å². The van der Waals surface area contributed by atoms with E-state index in [0.717, 1.165) is 5.82 Å². The normalized spacial score (nSPS) is 11.3. The lowest BCUT2D eigenvalue weighted by atomic mass is 10.2. The maximum absolute atomic E-state index is 11.7. The highest BCUT2D eigenvalue weighted by Gasteiger charge is 2.16. The van der Waals surface area contributed by atoms with E-state index < -0.39 is 11.7 Å². The molecule has 0 aliphatic carbocycles. The van der Waals surface area contributed by atoms with E-state index in [4.69, 9.17) is 16.3 Å². The van der Waals surface area contributed by atoms with Crippen molar-refractivity contribution >= 4 is 23.4 Å². The van der Waals surface area contributed by atoms with Gasteiger partial charge in [-0.25, -0.2) is 9.78 Å². The van der Waals surface area contributed by atoms with Crippen LogP contribution in [-0.2, 0) is 11.3 Å². The Bertz CT molecular complexity index is 676. The lowest BCUT2D eigenvalue weighted by Crippen LogP contribution is -2.27. The first kappa shape index (κ1) is 16.3. The Labute approximate surface area is 134 Å². The van der Waals surface area contributed by atoms with Crippen molar-refractivity contribution in [3.63, 3.8) is 0 Å². The molecule has 2 aromatic heterocycles. The van der Waals surface area contributed by atoms with E-state index in [1.54, 1.807) is 39.2 Å². The maximum Gasteiger partial charge on any atom is 0.412 e. The molecule has 0 aliphatic heterocycles. The molecule has 7 heteroatoms. The number of aryl methyl sites for hydroxylation is 1. The second-order valence-corrected chi connectivity index (χ2v) is 6.29. The molecule has 0 bridgehead atoms. The first-order valence-electron chi connectivity index (χ1n) is 6.87. The van der Waals surface area contributed by atoms with Gasteiger partial charge in [0.2, 0.25) is 0 Å². The third kappa shape index (κ3) is 4.46. The van der Waals surface area contributed by atoms with E-state index in [1.807, 2.05) is 17.7 Å². The standard InChI is InChI=1S/C15H19ClN4O2/c1-10-17-5-6-20(10)9-13-12(16)7-11(8-18-13)19-14(21)22-15(2,3)4/h5-8H,9H2,1-4H3,(H,19,21). The summed E-state index contributed by atoms with van der Waals surface area (Å²) in [5, 5.41) is 3.08. The molecule has 1 N–H and O–H groups in total. The Morgan fingerprint density at radius 2 is 2.14 bits per heavy atom. The van der Waals surface area contributed by atoms with E-state index >= 15 is 0 Å². The van der Waals surface area contributed by atoms with Gasteiger partial charge < -0.3 is 9.30 Å². The van der Waals surface area contributed by atoms with Crippen LogP contribution in [0.15, 0.2) is 24.7 Å². The highest BCUT2D eigenvalue weighted by Crippen LogP contribution is 2.20. The number of carbonyl (C=O) groups is 1. The molecule has 1 amide bonds. The molecule has 0 saturated carbocycles. The fourth-order valence-corrected chi connectivity index (χ4v) is 2.03. The van der Waals surface area contributed by atoms with Gasteiger partial charge in [-0.2, -0.15) is 0 Å².